The van der Waals surface area contributed by atoms with Crippen molar-refractivity contribution in [2.24, 2.45) is 11.8 Å². The molecular formula is C22H32N4O3. The lowest BCUT2D eigenvalue weighted by atomic mass is 9.88. The van der Waals surface area contributed by atoms with Crippen LogP contribution in [-0.2, 0) is 6.54 Å². The van der Waals surface area contributed by atoms with Gasteiger partial charge >= 0.3 is 5.69 Å². The topological polar surface area (TPSA) is 87.2 Å². The lowest BCUT2D eigenvalue weighted by molar-refractivity contribution is 0.0445. The summed E-state index contributed by atoms with van der Waals surface area (Å²) in [6.07, 6.45) is 1.24. The molecule has 1 aromatic carbocycles. The largest absolute Gasteiger partial charge is 0.350 e. The molecule has 3 rings (SSSR count). The van der Waals surface area contributed by atoms with Crippen LogP contribution in [0.5, 0.6) is 0 Å². The van der Waals surface area contributed by atoms with Crippen molar-refractivity contribution >= 4 is 16.8 Å². The number of H-pyrrole nitrogens is 1. The summed E-state index contributed by atoms with van der Waals surface area (Å²) in [5.74, 6) is 1.09. The molecule has 158 valence electrons. The molecule has 0 bridgehead atoms. The van der Waals surface area contributed by atoms with E-state index in [9.17, 15) is 14.4 Å². The first-order chi connectivity index (χ1) is 13.6. The summed E-state index contributed by atoms with van der Waals surface area (Å²) in [6.45, 7) is 13.5. The standard InChI is InChI=1S/C22H32N4O3/c1-6-26-20(28)17-8-7-16(10-18(17)24-21(26)29)19(27)23-13-22(4,5)25-11-14(2)9-15(3)12-25/h7-8,10,14-15H,6,9,11-13H2,1-5H3,(H,23,27)(H,24,29)/t14-,15+. The number of hydrogen-bond donors (Lipinski definition) is 2. The molecule has 0 radical (unpaired) electrons. The number of hydrogen-bond acceptors (Lipinski definition) is 4. The van der Waals surface area contributed by atoms with Crippen molar-refractivity contribution < 1.29 is 4.79 Å². The van der Waals surface area contributed by atoms with Crippen molar-refractivity contribution in [1.29, 1.82) is 0 Å². The van der Waals surface area contributed by atoms with Crippen LogP contribution in [0.15, 0.2) is 27.8 Å². The maximum absolute atomic E-state index is 12.7. The highest BCUT2D eigenvalue weighted by molar-refractivity contribution is 5.97. The third-order valence-electron chi connectivity index (χ3n) is 5.97. The van der Waals surface area contributed by atoms with E-state index in [1.165, 1.54) is 6.42 Å². The van der Waals surface area contributed by atoms with E-state index in [2.05, 4.69) is 42.9 Å². The van der Waals surface area contributed by atoms with Gasteiger partial charge in [0.15, 0.2) is 0 Å². The number of aromatic nitrogens is 2. The van der Waals surface area contributed by atoms with Gasteiger partial charge in [-0.05, 0) is 57.2 Å². The van der Waals surface area contributed by atoms with Crippen LogP contribution >= 0.6 is 0 Å². The smallest absolute Gasteiger partial charge is 0.328 e. The van der Waals surface area contributed by atoms with Crippen molar-refractivity contribution in [2.45, 2.75) is 53.1 Å². The fourth-order valence-corrected chi connectivity index (χ4v) is 4.35. The van der Waals surface area contributed by atoms with E-state index in [-0.39, 0.29) is 17.0 Å². The quantitative estimate of drug-likeness (QED) is 0.805. The number of nitrogens with one attached hydrogen (secondary N) is 2. The van der Waals surface area contributed by atoms with Gasteiger partial charge in [0.25, 0.3) is 11.5 Å². The summed E-state index contributed by atoms with van der Waals surface area (Å²) in [4.78, 5) is 42.3. The molecule has 1 aromatic heterocycles. The number of rotatable bonds is 5. The Bertz CT molecular complexity index is 1010. The molecule has 29 heavy (non-hydrogen) atoms. The molecule has 7 nitrogen and oxygen atoms in total. The first-order valence-electron chi connectivity index (χ1n) is 10.4. The average Bonchev–Trinajstić information content (AvgIpc) is 2.65. The molecule has 2 heterocycles. The summed E-state index contributed by atoms with van der Waals surface area (Å²) >= 11 is 0. The van der Waals surface area contributed by atoms with Gasteiger partial charge in [-0.3, -0.25) is 19.1 Å². The second kappa shape index (κ2) is 8.14. The number of fused-ring (bicyclic) bond motifs is 1. The van der Waals surface area contributed by atoms with Crippen LogP contribution in [0.3, 0.4) is 0 Å². The summed E-state index contributed by atoms with van der Waals surface area (Å²) in [6, 6.07) is 4.81. The van der Waals surface area contributed by atoms with Gasteiger partial charge in [0.2, 0.25) is 0 Å². The van der Waals surface area contributed by atoms with Crippen LogP contribution < -0.4 is 16.6 Å². The molecule has 2 atom stereocenters. The van der Waals surface area contributed by atoms with Gasteiger partial charge in [0.1, 0.15) is 0 Å². The van der Waals surface area contributed by atoms with Crippen molar-refractivity contribution in [2.75, 3.05) is 19.6 Å². The molecule has 2 N–H and O–H groups in total. The van der Waals surface area contributed by atoms with Gasteiger partial charge in [-0.1, -0.05) is 13.8 Å². The SMILES string of the molecule is CCn1c(=O)[nH]c2cc(C(=O)NCC(C)(C)N3C[C@H](C)C[C@H](C)C3)ccc2c1=O. The second-order valence-electron chi connectivity index (χ2n) is 9.09. The zero-order valence-corrected chi connectivity index (χ0v) is 18.0. The van der Waals surface area contributed by atoms with Gasteiger partial charge in [-0.15, -0.1) is 0 Å². The van der Waals surface area contributed by atoms with Crippen LogP contribution in [0.2, 0.25) is 0 Å². The Balaban J connectivity index is 1.76. The van der Waals surface area contributed by atoms with Gasteiger partial charge in [-0.25, -0.2) is 4.79 Å². The fourth-order valence-electron chi connectivity index (χ4n) is 4.35. The molecule has 1 aliphatic heterocycles. The fraction of sp³-hybridized carbons (Fsp3) is 0.591. The summed E-state index contributed by atoms with van der Waals surface area (Å²) in [5, 5.41) is 3.43. The van der Waals surface area contributed by atoms with E-state index in [1.807, 2.05) is 0 Å². The molecule has 0 saturated carbocycles. The summed E-state index contributed by atoms with van der Waals surface area (Å²) in [7, 11) is 0. The average molecular weight is 401 g/mol. The molecule has 2 aromatic rings. The Labute approximate surface area is 171 Å². The summed E-state index contributed by atoms with van der Waals surface area (Å²) in [5.41, 5.74) is -0.142. The molecular weight excluding hydrogens is 368 g/mol. The van der Waals surface area contributed by atoms with E-state index >= 15 is 0 Å². The minimum Gasteiger partial charge on any atom is -0.350 e. The number of carbonyl (C=O) groups is 1. The van der Waals surface area contributed by atoms with Crippen LogP contribution in [0, 0.1) is 11.8 Å². The number of carbonyl (C=O) groups excluding carboxylic acids is 1. The Kier molecular flexibility index (Phi) is 5.98. The Hall–Kier alpha value is -2.41. The number of nitrogens with zero attached hydrogens (tertiary/aromatic N) is 2. The molecule has 0 unspecified atom stereocenters. The molecule has 1 saturated heterocycles. The monoisotopic (exact) mass is 400 g/mol. The second-order valence-corrected chi connectivity index (χ2v) is 9.09. The molecule has 7 heteroatoms. The van der Waals surface area contributed by atoms with Crippen molar-refractivity contribution in [3.8, 4) is 0 Å². The zero-order valence-electron chi connectivity index (χ0n) is 18.0. The predicted octanol–water partition coefficient (Wildman–Crippen LogP) is 2.20. The third-order valence-corrected chi connectivity index (χ3v) is 5.97. The van der Waals surface area contributed by atoms with Crippen LogP contribution in [0.4, 0.5) is 0 Å². The molecule has 1 fully saturated rings. The molecule has 0 aliphatic carbocycles. The lowest BCUT2D eigenvalue weighted by Crippen LogP contribution is -2.56. The number of amides is 1. The van der Waals surface area contributed by atoms with E-state index < -0.39 is 5.69 Å². The minimum atomic E-state index is -0.461. The zero-order chi connectivity index (χ0) is 21.3. The maximum Gasteiger partial charge on any atom is 0.328 e. The molecule has 1 amide bonds. The van der Waals surface area contributed by atoms with E-state index in [0.29, 0.717) is 41.4 Å². The predicted molar refractivity (Wildman–Crippen MR) is 115 cm³/mol. The van der Waals surface area contributed by atoms with E-state index in [0.717, 1.165) is 17.7 Å². The van der Waals surface area contributed by atoms with Crippen LogP contribution in [0.1, 0.15) is 51.4 Å². The lowest BCUT2D eigenvalue weighted by Gasteiger charge is -2.45. The third kappa shape index (κ3) is 4.45. The first-order valence-corrected chi connectivity index (χ1v) is 10.4. The van der Waals surface area contributed by atoms with Crippen molar-refractivity contribution in [3.05, 3.63) is 44.6 Å². The highest BCUT2D eigenvalue weighted by atomic mass is 16.2. The van der Waals surface area contributed by atoms with Crippen molar-refractivity contribution in [3.63, 3.8) is 0 Å². The minimum absolute atomic E-state index is 0.154. The first kappa shape index (κ1) is 21.3. The number of aromatic amines is 1. The Morgan fingerprint density at radius 1 is 1.21 bits per heavy atom. The Morgan fingerprint density at radius 2 is 1.86 bits per heavy atom. The van der Waals surface area contributed by atoms with E-state index in [1.54, 1.807) is 25.1 Å². The maximum atomic E-state index is 12.7. The Morgan fingerprint density at radius 3 is 2.48 bits per heavy atom. The van der Waals surface area contributed by atoms with Gasteiger partial charge in [0.05, 0.1) is 10.9 Å². The highest BCUT2D eigenvalue weighted by Crippen LogP contribution is 2.27. The number of benzene rings is 1. The molecule has 0 spiro atoms. The highest BCUT2D eigenvalue weighted by Gasteiger charge is 2.33. The van der Waals surface area contributed by atoms with E-state index in [4.69, 9.17) is 0 Å². The molecule has 1 aliphatic rings. The summed E-state index contributed by atoms with van der Waals surface area (Å²) < 4.78 is 1.14. The number of piperidine rings is 1. The van der Waals surface area contributed by atoms with Crippen molar-refractivity contribution in [1.82, 2.24) is 19.8 Å². The van der Waals surface area contributed by atoms with Gasteiger partial charge in [0, 0.05) is 37.3 Å². The normalized spacial score (nSPS) is 20.7. The van der Waals surface area contributed by atoms with Gasteiger partial charge < -0.3 is 10.3 Å². The van der Waals surface area contributed by atoms with Crippen LogP contribution in [-0.4, -0.2) is 45.5 Å². The number of likely N-dealkylation sites (tertiary alicyclic amines) is 1. The van der Waals surface area contributed by atoms with Gasteiger partial charge in [-0.2, -0.15) is 0 Å². The van der Waals surface area contributed by atoms with Crippen LogP contribution in [0.25, 0.3) is 10.9 Å².